The number of benzene rings is 3. The van der Waals surface area contributed by atoms with Crippen LogP contribution in [0.2, 0.25) is 5.02 Å². The van der Waals surface area contributed by atoms with Gasteiger partial charge in [0.2, 0.25) is 0 Å². The number of rotatable bonds is 4. The van der Waals surface area contributed by atoms with E-state index < -0.39 is 22.6 Å². The first-order chi connectivity index (χ1) is 15.1. The molecule has 32 heavy (non-hydrogen) atoms. The number of alkyl halides is 3. The number of hydrogen-bond donors (Lipinski definition) is 0. The number of ether oxygens (including phenoxy) is 2. The summed E-state index contributed by atoms with van der Waals surface area (Å²) in [5.74, 6) is -0.232. The average Bonchev–Trinajstić information content (AvgIpc) is 2.74. The van der Waals surface area contributed by atoms with Crippen LogP contribution in [0.5, 0.6) is 17.2 Å². The number of nitrogens with zero attached hydrogens (tertiary/aromatic N) is 2. The quantitative estimate of drug-likeness (QED) is 0.346. The Bertz CT molecular complexity index is 1230. The molecule has 0 aromatic heterocycles. The van der Waals surface area contributed by atoms with E-state index in [1.807, 2.05) is 0 Å². The summed E-state index contributed by atoms with van der Waals surface area (Å²) >= 11 is 5.92. The van der Waals surface area contributed by atoms with Gasteiger partial charge in [0, 0.05) is 12.1 Å². The predicted molar refractivity (Wildman–Crippen MR) is 108 cm³/mol. The summed E-state index contributed by atoms with van der Waals surface area (Å²) < 4.78 is 49.6. The molecule has 11 heteroatoms. The number of halogens is 4. The first-order valence-electron chi connectivity index (χ1n) is 9.02. The van der Waals surface area contributed by atoms with Crippen molar-refractivity contribution in [3.05, 3.63) is 86.9 Å². The van der Waals surface area contributed by atoms with E-state index in [1.165, 1.54) is 18.2 Å². The monoisotopic (exact) mass is 464 g/mol. The number of para-hydroxylation sites is 1. The van der Waals surface area contributed by atoms with Gasteiger partial charge < -0.3 is 9.47 Å². The van der Waals surface area contributed by atoms with Crippen molar-refractivity contribution >= 4 is 28.9 Å². The number of amides is 1. The highest BCUT2D eigenvalue weighted by Crippen LogP contribution is 2.40. The van der Waals surface area contributed by atoms with Gasteiger partial charge in [-0.1, -0.05) is 23.7 Å². The third-order valence-corrected chi connectivity index (χ3v) is 4.93. The second-order valence-corrected chi connectivity index (χ2v) is 7.06. The van der Waals surface area contributed by atoms with Crippen molar-refractivity contribution in [2.75, 3.05) is 11.6 Å². The number of hydrogen-bond acceptors (Lipinski definition) is 5. The van der Waals surface area contributed by atoms with Crippen LogP contribution in [-0.4, -0.2) is 17.6 Å². The normalized spacial score (nSPS) is 13.4. The molecule has 0 aliphatic carbocycles. The summed E-state index contributed by atoms with van der Waals surface area (Å²) in [4.78, 5) is 24.8. The lowest BCUT2D eigenvalue weighted by Gasteiger charge is -2.28. The van der Waals surface area contributed by atoms with Crippen LogP contribution in [0.1, 0.15) is 15.9 Å². The van der Waals surface area contributed by atoms with Crippen LogP contribution in [-0.2, 0) is 6.18 Å². The van der Waals surface area contributed by atoms with Gasteiger partial charge in [-0.15, -0.1) is 0 Å². The van der Waals surface area contributed by atoms with E-state index in [0.717, 1.165) is 23.1 Å². The topological polar surface area (TPSA) is 81.9 Å². The highest BCUT2D eigenvalue weighted by molar-refractivity contribution is 6.32. The van der Waals surface area contributed by atoms with E-state index in [2.05, 4.69) is 0 Å². The Kier molecular flexibility index (Phi) is 5.39. The van der Waals surface area contributed by atoms with Crippen molar-refractivity contribution in [3.63, 3.8) is 0 Å². The third kappa shape index (κ3) is 4.04. The van der Waals surface area contributed by atoms with E-state index in [1.54, 1.807) is 18.2 Å². The SMILES string of the molecule is O=C1c2ccccc2OCN1c1cc(Oc2ccc(C(F)(F)F)cc2Cl)ccc1[N+](=O)[O-]. The molecule has 3 aromatic rings. The Morgan fingerprint density at radius 1 is 1.09 bits per heavy atom. The van der Waals surface area contributed by atoms with Crippen molar-refractivity contribution in [1.82, 2.24) is 0 Å². The zero-order valence-corrected chi connectivity index (χ0v) is 16.7. The first kappa shape index (κ1) is 21.4. The van der Waals surface area contributed by atoms with Crippen LogP contribution < -0.4 is 14.4 Å². The molecule has 1 aliphatic heterocycles. The second-order valence-electron chi connectivity index (χ2n) is 6.66. The summed E-state index contributed by atoms with van der Waals surface area (Å²) in [6.45, 7) is -0.277. The molecule has 0 N–H and O–H groups in total. The van der Waals surface area contributed by atoms with Crippen LogP contribution in [0, 0.1) is 10.1 Å². The number of carbonyl (C=O) groups excluding carboxylic acids is 1. The van der Waals surface area contributed by atoms with E-state index >= 15 is 0 Å². The lowest BCUT2D eigenvalue weighted by molar-refractivity contribution is -0.384. The second kappa shape index (κ2) is 8.04. The maximum atomic E-state index is 12.9. The Labute approximate surface area is 183 Å². The van der Waals surface area contributed by atoms with Gasteiger partial charge >= 0.3 is 6.18 Å². The van der Waals surface area contributed by atoms with E-state index in [9.17, 15) is 28.1 Å². The van der Waals surface area contributed by atoms with Crippen molar-refractivity contribution in [1.29, 1.82) is 0 Å². The van der Waals surface area contributed by atoms with Gasteiger partial charge in [0.25, 0.3) is 11.6 Å². The molecular formula is C21H12ClF3N2O5. The minimum atomic E-state index is -4.58. The number of fused-ring (bicyclic) bond motifs is 1. The zero-order valence-electron chi connectivity index (χ0n) is 15.9. The van der Waals surface area contributed by atoms with Crippen molar-refractivity contribution in [3.8, 4) is 17.2 Å². The molecule has 0 radical (unpaired) electrons. The van der Waals surface area contributed by atoms with E-state index in [4.69, 9.17) is 21.1 Å². The Morgan fingerprint density at radius 3 is 2.53 bits per heavy atom. The molecule has 7 nitrogen and oxygen atoms in total. The minimum Gasteiger partial charge on any atom is -0.472 e. The summed E-state index contributed by atoms with van der Waals surface area (Å²) in [5, 5.41) is 11.2. The van der Waals surface area contributed by atoms with Crippen LogP contribution in [0.15, 0.2) is 60.7 Å². The lowest BCUT2D eigenvalue weighted by Crippen LogP contribution is -2.39. The summed E-state index contributed by atoms with van der Waals surface area (Å²) in [7, 11) is 0. The van der Waals surface area contributed by atoms with Gasteiger partial charge in [0.1, 0.15) is 22.9 Å². The molecule has 1 amide bonds. The molecule has 0 bridgehead atoms. The highest BCUT2D eigenvalue weighted by atomic mass is 35.5. The van der Waals surface area contributed by atoms with Gasteiger partial charge in [-0.05, 0) is 36.4 Å². The molecule has 1 heterocycles. The fourth-order valence-electron chi connectivity index (χ4n) is 3.11. The standard InChI is InChI=1S/C21H12ClF3N2O5/c22-15-9-12(21(23,24)25)5-8-19(15)32-13-6-7-16(27(29)30)17(10-13)26-11-31-18-4-2-1-3-14(18)20(26)28/h1-10H,11H2. The highest BCUT2D eigenvalue weighted by Gasteiger charge is 2.33. The van der Waals surface area contributed by atoms with Crippen LogP contribution in [0.25, 0.3) is 0 Å². The van der Waals surface area contributed by atoms with Crippen LogP contribution >= 0.6 is 11.6 Å². The molecule has 0 fully saturated rings. The van der Waals surface area contributed by atoms with Crippen molar-refractivity contribution in [2.24, 2.45) is 0 Å². The largest absolute Gasteiger partial charge is 0.472 e. The molecule has 0 saturated heterocycles. The Hall–Kier alpha value is -3.79. The molecule has 0 saturated carbocycles. The van der Waals surface area contributed by atoms with E-state index in [-0.39, 0.29) is 40.2 Å². The summed E-state index contributed by atoms with van der Waals surface area (Å²) in [6.07, 6.45) is -4.58. The number of anilines is 1. The van der Waals surface area contributed by atoms with Crippen LogP contribution in [0.4, 0.5) is 24.5 Å². The van der Waals surface area contributed by atoms with Gasteiger partial charge in [-0.25, -0.2) is 0 Å². The Balaban J connectivity index is 1.69. The molecule has 164 valence electrons. The molecular weight excluding hydrogens is 453 g/mol. The predicted octanol–water partition coefficient (Wildman–Crippen LogP) is 6.06. The number of carbonyl (C=O) groups is 1. The molecule has 0 atom stereocenters. The number of nitro benzene ring substituents is 1. The number of nitro groups is 1. The van der Waals surface area contributed by atoms with Gasteiger partial charge in [-0.3, -0.25) is 19.8 Å². The smallest absolute Gasteiger partial charge is 0.416 e. The van der Waals surface area contributed by atoms with Gasteiger partial charge in [0.05, 0.1) is 21.1 Å². The minimum absolute atomic E-state index is 0.0268. The average molecular weight is 465 g/mol. The summed E-state index contributed by atoms with van der Waals surface area (Å²) in [5.41, 5.74) is -1.21. The van der Waals surface area contributed by atoms with Gasteiger partial charge in [-0.2, -0.15) is 13.2 Å². The van der Waals surface area contributed by atoms with Crippen LogP contribution in [0.3, 0.4) is 0 Å². The lowest BCUT2D eigenvalue weighted by atomic mass is 10.1. The first-order valence-corrected chi connectivity index (χ1v) is 9.39. The van der Waals surface area contributed by atoms with Gasteiger partial charge in [0.15, 0.2) is 6.73 Å². The molecule has 0 unspecified atom stereocenters. The molecule has 4 rings (SSSR count). The van der Waals surface area contributed by atoms with Crippen molar-refractivity contribution < 1.29 is 32.4 Å². The fraction of sp³-hybridized carbons (Fsp3) is 0.0952. The third-order valence-electron chi connectivity index (χ3n) is 4.63. The molecule has 0 spiro atoms. The maximum absolute atomic E-state index is 12.9. The zero-order chi connectivity index (χ0) is 23.0. The molecule has 3 aromatic carbocycles. The molecule has 1 aliphatic rings. The van der Waals surface area contributed by atoms with Crippen molar-refractivity contribution in [2.45, 2.75) is 6.18 Å². The summed E-state index contributed by atoms with van der Waals surface area (Å²) in [6, 6.07) is 12.6. The van der Waals surface area contributed by atoms with E-state index in [0.29, 0.717) is 11.8 Å². The Morgan fingerprint density at radius 2 is 1.84 bits per heavy atom. The maximum Gasteiger partial charge on any atom is 0.416 e. The fourth-order valence-corrected chi connectivity index (χ4v) is 3.33.